The van der Waals surface area contributed by atoms with E-state index in [2.05, 4.69) is 10.6 Å². The lowest BCUT2D eigenvalue weighted by atomic mass is 10.2. The molecule has 0 radical (unpaired) electrons. The molecule has 0 aromatic heterocycles. The maximum Gasteiger partial charge on any atom is 0.407 e. The first-order valence-electron chi connectivity index (χ1n) is 19.7. The summed E-state index contributed by atoms with van der Waals surface area (Å²) in [5.41, 5.74) is 0.416. The van der Waals surface area contributed by atoms with Gasteiger partial charge < -0.3 is 76.9 Å². The highest BCUT2D eigenvalue weighted by Gasteiger charge is 2.15. The van der Waals surface area contributed by atoms with E-state index in [1.54, 1.807) is 0 Å². The Bertz CT molecular complexity index is 1020. The van der Waals surface area contributed by atoms with Crippen LogP contribution < -0.4 is 10.6 Å². The zero-order valence-corrected chi connectivity index (χ0v) is 34.5. The van der Waals surface area contributed by atoms with Gasteiger partial charge in [-0.2, -0.15) is 0 Å². The van der Waals surface area contributed by atoms with Crippen LogP contribution in [0.3, 0.4) is 0 Å². The van der Waals surface area contributed by atoms with Gasteiger partial charge in [0.15, 0.2) is 0 Å². The molecule has 0 saturated heterocycles. The number of rotatable bonds is 41. The second-order valence-corrected chi connectivity index (χ2v) is 12.8. The molecular weight excluding hydrogens is 752 g/mol. The SMILES string of the molecule is CC(C)(C)OC(=O)NCCOCCOCCOCCOCCOCCOCCOCCOCCOCCOCCOCCOCCNC(=O)OCc1ccccc1. The topological polar surface area (TPSA) is 187 Å². The molecule has 0 unspecified atom stereocenters. The van der Waals surface area contributed by atoms with E-state index in [0.29, 0.717) is 172 Å². The van der Waals surface area contributed by atoms with Gasteiger partial charge in [-0.05, 0) is 26.3 Å². The Morgan fingerprint density at radius 2 is 0.667 bits per heavy atom. The molecular formula is C39H70N2O16. The van der Waals surface area contributed by atoms with Gasteiger partial charge in [-0.25, -0.2) is 9.59 Å². The predicted molar refractivity (Wildman–Crippen MR) is 209 cm³/mol. The molecule has 57 heavy (non-hydrogen) atoms. The van der Waals surface area contributed by atoms with E-state index in [-0.39, 0.29) is 6.61 Å². The first-order valence-corrected chi connectivity index (χ1v) is 19.7. The van der Waals surface area contributed by atoms with E-state index in [0.717, 1.165) is 5.56 Å². The van der Waals surface area contributed by atoms with Crippen molar-refractivity contribution in [2.75, 3.05) is 172 Å². The van der Waals surface area contributed by atoms with Gasteiger partial charge in [0.1, 0.15) is 12.2 Å². The van der Waals surface area contributed by atoms with Crippen molar-refractivity contribution >= 4 is 12.2 Å². The third-order valence-electron chi connectivity index (χ3n) is 6.74. The van der Waals surface area contributed by atoms with E-state index < -0.39 is 17.8 Å². The molecule has 0 saturated carbocycles. The fraction of sp³-hybridized carbons (Fsp3) is 0.795. The van der Waals surface area contributed by atoms with Crippen LogP contribution >= 0.6 is 0 Å². The summed E-state index contributed by atoms with van der Waals surface area (Å²) >= 11 is 0. The Balaban J connectivity index is 1.63. The minimum atomic E-state index is -0.517. The summed E-state index contributed by atoms with van der Waals surface area (Å²) in [4.78, 5) is 23.2. The number of hydrogen-bond donors (Lipinski definition) is 2. The second-order valence-electron chi connectivity index (χ2n) is 12.8. The van der Waals surface area contributed by atoms with Crippen LogP contribution in [0, 0.1) is 0 Å². The molecule has 332 valence electrons. The van der Waals surface area contributed by atoms with Gasteiger partial charge in [-0.15, -0.1) is 0 Å². The number of nitrogens with one attached hydrogen (secondary N) is 2. The average Bonchev–Trinajstić information content (AvgIpc) is 3.19. The third-order valence-corrected chi connectivity index (χ3v) is 6.74. The van der Waals surface area contributed by atoms with Crippen molar-refractivity contribution in [3.05, 3.63) is 35.9 Å². The zero-order valence-electron chi connectivity index (χ0n) is 34.5. The van der Waals surface area contributed by atoms with Crippen LogP contribution in [0.2, 0.25) is 0 Å². The van der Waals surface area contributed by atoms with Gasteiger partial charge in [0, 0.05) is 13.1 Å². The molecule has 18 nitrogen and oxygen atoms in total. The molecule has 18 heteroatoms. The minimum Gasteiger partial charge on any atom is -0.445 e. The van der Waals surface area contributed by atoms with Crippen LogP contribution in [0.15, 0.2) is 30.3 Å². The van der Waals surface area contributed by atoms with Crippen LogP contribution in [0.25, 0.3) is 0 Å². The second kappa shape index (κ2) is 40.1. The highest BCUT2D eigenvalue weighted by molar-refractivity contribution is 5.67. The number of alkyl carbamates (subject to hydrolysis) is 2. The molecule has 2 amide bonds. The summed E-state index contributed by atoms with van der Waals surface area (Å²) in [5.74, 6) is 0. The number of carbonyl (C=O) groups is 2. The summed E-state index contributed by atoms with van der Waals surface area (Å²) in [6.45, 7) is 17.5. The van der Waals surface area contributed by atoms with Gasteiger partial charge in [0.05, 0.1) is 159 Å². The summed E-state index contributed by atoms with van der Waals surface area (Å²) in [7, 11) is 0. The lowest BCUT2D eigenvalue weighted by Gasteiger charge is -2.19. The van der Waals surface area contributed by atoms with E-state index in [1.807, 2.05) is 51.1 Å². The fourth-order valence-corrected chi connectivity index (χ4v) is 4.06. The van der Waals surface area contributed by atoms with Crippen LogP contribution in [-0.2, 0) is 72.9 Å². The number of benzene rings is 1. The molecule has 0 aliphatic carbocycles. The van der Waals surface area contributed by atoms with Gasteiger partial charge >= 0.3 is 12.2 Å². The fourth-order valence-electron chi connectivity index (χ4n) is 4.06. The van der Waals surface area contributed by atoms with Crippen molar-refractivity contribution in [1.82, 2.24) is 10.6 Å². The van der Waals surface area contributed by atoms with Crippen LogP contribution in [0.5, 0.6) is 0 Å². The third kappa shape index (κ3) is 41.2. The Kier molecular flexibility index (Phi) is 36.8. The lowest BCUT2D eigenvalue weighted by molar-refractivity contribution is -0.0283. The molecule has 0 aliphatic rings. The predicted octanol–water partition coefficient (Wildman–Crippen LogP) is 2.64. The first kappa shape index (κ1) is 52.3. The van der Waals surface area contributed by atoms with E-state index in [9.17, 15) is 9.59 Å². The van der Waals surface area contributed by atoms with Crippen molar-refractivity contribution in [3.63, 3.8) is 0 Å². The maximum atomic E-state index is 11.7. The van der Waals surface area contributed by atoms with Crippen molar-refractivity contribution in [2.24, 2.45) is 0 Å². The Labute approximate surface area is 338 Å². The molecule has 0 spiro atoms. The average molecular weight is 823 g/mol. The standard InChI is InChI=1S/C39H70N2O16/c1-39(2,3)57-38(43)41-10-12-45-14-16-47-18-20-49-22-24-51-26-28-53-30-32-55-34-33-54-31-29-52-27-25-50-23-21-48-19-17-46-15-13-44-11-9-40-37(42)56-35-36-7-5-4-6-8-36/h4-8H,9-35H2,1-3H3,(H,40,42)(H,41,43). The molecule has 0 fully saturated rings. The van der Waals surface area contributed by atoms with Gasteiger partial charge in [-0.3, -0.25) is 0 Å². The maximum absolute atomic E-state index is 11.7. The van der Waals surface area contributed by atoms with Crippen molar-refractivity contribution < 1.29 is 75.9 Å². The van der Waals surface area contributed by atoms with E-state index in [1.165, 1.54) is 0 Å². The number of amides is 2. The molecule has 0 heterocycles. The quantitative estimate of drug-likeness (QED) is 0.0918. The van der Waals surface area contributed by atoms with Gasteiger partial charge in [0.25, 0.3) is 0 Å². The minimum absolute atomic E-state index is 0.233. The van der Waals surface area contributed by atoms with E-state index in [4.69, 9.17) is 66.3 Å². The first-order chi connectivity index (χ1) is 27.9. The van der Waals surface area contributed by atoms with Crippen LogP contribution in [0.1, 0.15) is 26.3 Å². The van der Waals surface area contributed by atoms with E-state index >= 15 is 0 Å². The lowest BCUT2D eigenvalue weighted by Crippen LogP contribution is -2.34. The number of carbonyl (C=O) groups excluding carboxylic acids is 2. The normalized spacial score (nSPS) is 11.5. The summed E-state index contributed by atoms with van der Waals surface area (Å²) in [6.07, 6.45) is -0.931. The molecule has 1 rings (SSSR count). The highest BCUT2D eigenvalue weighted by atomic mass is 16.6. The Hall–Kier alpha value is -2.72. The van der Waals surface area contributed by atoms with Crippen LogP contribution in [-0.4, -0.2) is 189 Å². The van der Waals surface area contributed by atoms with Crippen molar-refractivity contribution in [1.29, 1.82) is 0 Å². The largest absolute Gasteiger partial charge is 0.445 e. The zero-order chi connectivity index (χ0) is 41.2. The smallest absolute Gasteiger partial charge is 0.407 e. The van der Waals surface area contributed by atoms with Crippen molar-refractivity contribution in [3.8, 4) is 0 Å². The Morgan fingerprint density at radius 3 is 0.947 bits per heavy atom. The monoisotopic (exact) mass is 822 g/mol. The van der Waals surface area contributed by atoms with Gasteiger partial charge in [0.2, 0.25) is 0 Å². The highest BCUT2D eigenvalue weighted by Crippen LogP contribution is 2.06. The molecule has 0 aliphatic heterocycles. The molecule has 0 bridgehead atoms. The molecule has 0 atom stereocenters. The molecule has 1 aromatic rings. The summed E-state index contributed by atoms with van der Waals surface area (Å²) in [6, 6.07) is 9.49. The molecule has 2 N–H and O–H groups in total. The number of ether oxygens (including phenoxy) is 14. The number of hydrogen-bond acceptors (Lipinski definition) is 16. The molecule has 1 aromatic carbocycles. The van der Waals surface area contributed by atoms with Gasteiger partial charge in [-0.1, -0.05) is 30.3 Å². The Morgan fingerprint density at radius 1 is 0.404 bits per heavy atom. The van der Waals surface area contributed by atoms with Crippen LogP contribution in [0.4, 0.5) is 9.59 Å². The summed E-state index contributed by atoms with van der Waals surface area (Å²) < 4.78 is 75.8. The van der Waals surface area contributed by atoms with Crippen molar-refractivity contribution in [2.45, 2.75) is 33.0 Å². The summed E-state index contributed by atoms with van der Waals surface area (Å²) in [5, 5.41) is 5.27.